The van der Waals surface area contributed by atoms with Gasteiger partial charge in [0.05, 0.1) is 5.75 Å². The lowest BCUT2D eigenvalue weighted by Crippen LogP contribution is -2.46. The minimum atomic E-state index is 0.137. The van der Waals surface area contributed by atoms with Crippen LogP contribution in [0.25, 0.3) is 0 Å². The number of para-hydroxylation sites is 2. The molecule has 6 nitrogen and oxygen atoms in total. The number of carbonyl (C=O) groups is 1. The fourth-order valence-corrected chi connectivity index (χ4v) is 5.75. The summed E-state index contributed by atoms with van der Waals surface area (Å²) >= 11 is 3.07. The van der Waals surface area contributed by atoms with Crippen LogP contribution >= 0.6 is 23.1 Å². The van der Waals surface area contributed by atoms with Gasteiger partial charge in [0.25, 0.3) is 0 Å². The van der Waals surface area contributed by atoms with Crippen LogP contribution in [-0.4, -0.2) is 54.6 Å². The minimum Gasteiger partial charge on any atom is -0.368 e. The molecule has 1 saturated heterocycles. The average Bonchev–Trinajstić information content (AvgIpc) is 3.46. The molecule has 2 aliphatic heterocycles. The van der Waals surface area contributed by atoms with Crippen molar-refractivity contribution in [2.45, 2.75) is 10.8 Å². The normalized spacial score (nSPS) is 16.1. The largest absolute Gasteiger partial charge is 0.368 e. The van der Waals surface area contributed by atoms with Crippen molar-refractivity contribution in [2.24, 2.45) is 0 Å². The molecule has 0 unspecified atom stereocenters. The molecule has 30 heavy (non-hydrogen) atoms. The van der Waals surface area contributed by atoms with Crippen LogP contribution < -0.4 is 14.7 Å². The second-order valence-electron chi connectivity index (χ2n) is 7.37. The van der Waals surface area contributed by atoms with Gasteiger partial charge in [-0.05, 0) is 30.2 Å². The maximum Gasteiger partial charge on any atom is 0.237 e. The zero-order chi connectivity index (χ0) is 20.3. The van der Waals surface area contributed by atoms with Crippen molar-refractivity contribution in [3.05, 3.63) is 60.2 Å². The van der Waals surface area contributed by atoms with E-state index < -0.39 is 0 Å². The lowest BCUT2D eigenvalue weighted by molar-refractivity contribution is -0.116. The van der Waals surface area contributed by atoms with E-state index in [0.29, 0.717) is 5.75 Å². The highest BCUT2D eigenvalue weighted by atomic mass is 32.2. The molecule has 1 fully saturated rings. The Morgan fingerprint density at radius 2 is 1.63 bits per heavy atom. The Balaban J connectivity index is 1.15. The standard InChI is InChI=1S/C22H23N5OS2/c28-20(27-11-10-17-6-4-5-9-19(17)27)16-29-22-24-23-21(30-22)26-14-12-25(13-15-26)18-7-2-1-3-8-18/h1-9H,10-16H2. The number of carbonyl (C=O) groups excluding carboxylic acids is 1. The highest BCUT2D eigenvalue weighted by molar-refractivity contribution is 8.01. The Labute approximate surface area is 184 Å². The first-order valence-electron chi connectivity index (χ1n) is 10.2. The summed E-state index contributed by atoms with van der Waals surface area (Å²) in [6.07, 6.45) is 0.935. The van der Waals surface area contributed by atoms with E-state index in [0.717, 1.165) is 54.3 Å². The van der Waals surface area contributed by atoms with Crippen molar-refractivity contribution in [1.29, 1.82) is 0 Å². The lowest BCUT2D eigenvalue weighted by atomic mass is 10.2. The van der Waals surface area contributed by atoms with Gasteiger partial charge in [0.1, 0.15) is 0 Å². The Hall–Kier alpha value is -2.58. The molecule has 0 aliphatic carbocycles. The van der Waals surface area contributed by atoms with Gasteiger partial charge in [0.15, 0.2) is 4.34 Å². The molecular weight excluding hydrogens is 414 g/mol. The summed E-state index contributed by atoms with van der Waals surface area (Å²) in [5.74, 6) is 0.531. The summed E-state index contributed by atoms with van der Waals surface area (Å²) < 4.78 is 0.858. The predicted octanol–water partition coefficient (Wildman–Crippen LogP) is 3.55. The molecule has 2 aromatic carbocycles. The van der Waals surface area contributed by atoms with E-state index in [-0.39, 0.29) is 5.91 Å². The van der Waals surface area contributed by atoms with Gasteiger partial charge in [-0.2, -0.15) is 0 Å². The fourth-order valence-electron chi connectivity index (χ4n) is 3.98. The van der Waals surface area contributed by atoms with Crippen LogP contribution in [0, 0.1) is 0 Å². The Morgan fingerprint density at radius 1 is 0.900 bits per heavy atom. The Bertz CT molecular complexity index is 1020. The summed E-state index contributed by atoms with van der Waals surface area (Å²) in [4.78, 5) is 19.3. The zero-order valence-electron chi connectivity index (χ0n) is 16.6. The number of fused-ring (bicyclic) bond motifs is 1. The van der Waals surface area contributed by atoms with Crippen LogP contribution in [0.1, 0.15) is 5.56 Å². The molecule has 154 valence electrons. The van der Waals surface area contributed by atoms with Crippen molar-refractivity contribution in [2.75, 3.05) is 53.2 Å². The van der Waals surface area contributed by atoms with Crippen molar-refractivity contribution in [1.82, 2.24) is 10.2 Å². The number of amides is 1. The number of hydrogen-bond donors (Lipinski definition) is 0. The van der Waals surface area contributed by atoms with Crippen LogP contribution in [0.3, 0.4) is 0 Å². The number of hydrogen-bond acceptors (Lipinski definition) is 7. The van der Waals surface area contributed by atoms with Crippen molar-refractivity contribution in [3.63, 3.8) is 0 Å². The lowest BCUT2D eigenvalue weighted by Gasteiger charge is -2.35. The van der Waals surface area contributed by atoms with Gasteiger partial charge in [-0.15, -0.1) is 10.2 Å². The van der Waals surface area contributed by atoms with Gasteiger partial charge < -0.3 is 14.7 Å². The molecule has 1 amide bonds. The van der Waals surface area contributed by atoms with Gasteiger partial charge in [-0.25, -0.2) is 0 Å². The first-order chi connectivity index (χ1) is 14.8. The SMILES string of the molecule is O=C(CSc1nnc(N2CCN(c3ccccc3)CC2)s1)N1CCc2ccccc21. The molecule has 3 heterocycles. The molecule has 0 spiro atoms. The number of aromatic nitrogens is 2. The van der Waals surface area contributed by atoms with E-state index in [4.69, 9.17) is 0 Å². The van der Waals surface area contributed by atoms with Gasteiger partial charge in [-0.1, -0.05) is 59.5 Å². The quantitative estimate of drug-likeness (QED) is 0.569. The first-order valence-corrected chi connectivity index (χ1v) is 12.0. The summed E-state index contributed by atoms with van der Waals surface area (Å²) in [6, 6.07) is 18.7. The molecule has 0 N–H and O–H groups in total. The predicted molar refractivity (Wildman–Crippen MR) is 124 cm³/mol. The molecule has 8 heteroatoms. The third-order valence-electron chi connectivity index (χ3n) is 5.57. The highest BCUT2D eigenvalue weighted by Crippen LogP contribution is 2.31. The third kappa shape index (κ3) is 4.02. The molecule has 1 aromatic heterocycles. The fraction of sp³-hybridized carbons (Fsp3) is 0.318. The molecule has 0 radical (unpaired) electrons. The minimum absolute atomic E-state index is 0.137. The molecule has 5 rings (SSSR count). The molecular formula is C22H23N5OS2. The number of rotatable bonds is 5. The smallest absolute Gasteiger partial charge is 0.237 e. The Morgan fingerprint density at radius 3 is 2.47 bits per heavy atom. The van der Waals surface area contributed by atoms with Gasteiger partial charge in [0.2, 0.25) is 11.0 Å². The number of anilines is 3. The van der Waals surface area contributed by atoms with Crippen LogP contribution in [-0.2, 0) is 11.2 Å². The molecule has 0 atom stereocenters. The summed E-state index contributed by atoms with van der Waals surface area (Å²) in [5, 5.41) is 9.64. The second kappa shape index (κ2) is 8.65. The maximum absolute atomic E-state index is 12.7. The van der Waals surface area contributed by atoms with Gasteiger partial charge in [0, 0.05) is 44.1 Å². The topological polar surface area (TPSA) is 52.6 Å². The van der Waals surface area contributed by atoms with Gasteiger partial charge in [-0.3, -0.25) is 4.79 Å². The van der Waals surface area contributed by atoms with Crippen LogP contribution in [0.15, 0.2) is 58.9 Å². The molecule has 3 aromatic rings. The monoisotopic (exact) mass is 437 g/mol. The van der Waals surface area contributed by atoms with E-state index in [1.165, 1.54) is 23.0 Å². The number of thioether (sulfide) groups is 1. The van der Waals surface area contributed by atoms with E-state index in [2.05, 4.69) is 50.3 Å². The van der Waals surface area contributed by atoms with Crippen LogP contribution in [0.4, 0.5) is 16.5 Å². The van der Waals surface area contributed by atoms with Crippen LogP contribution in [0.2, 0.25) is 0 Å². The van der Waals surface area contributed by atoms with Gasteiger partial charge >= 0.3 is 0 Å². The number of piperazine rings is 1. The maximum atomic E-state index is 12.7. The number of nitrogens with zero attached hydrogens (tertiary/aromatic N) is 5. The first kappa shape index (κ1) is 19.4. The van der Waals surface area contributed by atoms with Crippen LogP contribution in [0.5, 0.6) is 0 Å². The van der Waals surface area contributed by atoms with Crippen molar-refractivity contribution < 1.29 is 4.79 Å². The summed E-state index contributed by atoms with van der Waals surface area (Å²) in [6.45, 7) is 4.57. The van der Waals surface area contributed by atoms with E-state index in [9.17, 15) is 4.79 Å². The van der Waals surface area contributed by atoms with E-state index >= 15 is 0 Å². The van der Waals surface area contributed by atoms with Crippen molar-refractivity contribution in [3.8, 4) is 0 Å². The Kier molecular flexibility index (Phi) is 5.59. The molecule has 2 aliphatic rings. The zero-order valence-corrected chi connectivity index (χ0v) is 18.2. The molecule has 0 bridgehead atoms. The highest BCUT2D eigenvalue weighted by Gasteiger charge is 2.25. The average molecular weight is 438 g/mol. The van der Waals surface area contributed by atoms with E-state index in [1.807, 2.05) is 29.2 Å². The number of benzene rings is 2. The van der Waals surface area contributed by atoms with E-state index in [1.54, 1.807) is 11.3 Å². The summed E-state index contributed by atoms with van der Waals surface area (Å²) in [7, 11) is 0. The third-order valence-corrected chi connectivity index (χ3v) is 7.68. The van der Waals surface area contributed by atoms with Crippen molar-refractivity contribution >= 4 is 45.5 Å². The molecule has 0 saturated carbocycles. The summed E-state index contributed by atoms with van der Waals surface area (Å²) in [5.41, 5.74) is 3.58. The second-order valence-corrected chi connectivity index (χ2v) is 9.55.